The van der Waals surface area contributed by atoms with Crippen molar-refractivity contribution in [1.29, 1.82) is 0 Å². The number of aromatic nitrogens is 1. The third-order valence-corrected chi connectivity index (χ3v) is 5.88. The van der Waals surface area contributed by atoms with E-state index in [1.54, 1.807) is 24.6 Å². The lowest BCUT2D eigenvalue weighted by Crippen LogP contribution is -2.33. The Morgan fingerprint density at radius 3 is 2.09 bits per heavy atom. The number of amides is 1. The minimum absolute atomic E-state index is 0.248. The number of rotatable bonds is 8. The molecule has 0 N–H and O–H groups in total. The lowest BCUT2D eigenvalue weighted by Gasteiger charge is -2.24. The van der Waals surface area contributed by atoms with Crippen molar-refractivity contribution >= 4 is 23.2 Å². The van der Waals surface area contributed by atoms with Gasteiger partial charge in [0.1, 0.15) is 16.3 Å². The van der Waals surface area contributed by atoms with Crippen molar-refractivity contribution in [3.8, 4) is 27.8 Å². The van der Waals surface area contributed by atoms with Crippen molar-refractivity contribution in [2.45, 2.75) is 32.9 Å². The summed E-state index contributed by atoms with van der Waals surface area (Å²) in [5.41, 5.74) is 2.00. The van der Waals surface area contributed by atoms with Crippen molar-refractivity contribution < 1.29 is 28.5 Å². The van der Waals surface area contributed by atoms with Gasteiger partial charge in [-0.25, -0.2) is 9.78 Å². The predicted molar refractivity (Wildman–Crippen MR) is 135 cm³/mol. The SMILES string of the molecule is COc1cc(C(=O)c2csc(-c3ccc(CN(C)C(=O)OC(C)(C)C)cc3)n2)cc(OC)c1OC. The molecule has 0 saturated heterocycles. The summed E-state index contributed by atoms with van der Waals surface area (Å²) in [6.45, 7) is 5.92. The Morgan fingerprint density at radius 1 is 0.971 bits per heavy atom. The molecule has 0 aliphatic heterocycles. The van der Waals surface area contributed by atoms with Crippen molar-refractivity contribution in [1.82, 2.24) is 9.88 Å². The molecular formula is C26H30N2O6S. The molecule has 0 radical (unpaired) electrons. The third-order valence-electron chi connectivity index (χ3n) is 4.99. The molecule has 0 spiro atoms. The fourth-order valence-electron chi connectivity index (χ4n) is 3.30. The van der Waals surface area contributed by atoms with E-state index >= 15 is 0 Å². The van der Waals surface area contributed by atoms with Crippen LogP contribution in [0.15, 0.2) is 41.8 Å². The first-order valence-corrected chi connectivity index (χ1v) is 11.8. The van der Waals surface area contributed by atoms with Gasteiger partial charge in [-0.1, -0.05) is 24.3 Å². The van der Waals surface area contributed by atoms with E-state index < -0.39 is 5.60 Å². The summed E-state index contributed by atoms with van der Waals surface area (Å²) in [6, 6.07) is 10.9. The molecule has 0 atom stereocenters. The van der Waals surface area contributed by atoms with Crippen LogP contribution in [-0.4, -0.2) is 55.7 Å². The summed E-state index contributed by atoms with van der Waals surface area (Å²) >= 11 is 1.38. The Balaban J connectivity index is 1.75. The van der Waals surface area contributed by atoms with Crippen molar-refractivity contribution in [2.75, 3.05) is 28.4 Å². The Bertz CT molecular complexity index is 1170. The molecule has 3 aromatic rings. The highest BCUT2D eigenvalue weighted by Crippen LogP contribution is 2.39. The largest absolute Gasteiger partial charge is 0.493 e. The number of nitrogens with zero attached hydrogens (tertiary/aromatic N) is 2. The number of hydrogen-bond acceptors (Lipinski definition) is 8. The van der Waals surface area contributed by atoms with Crippen molar-refractivity contribution in [3.05, 3.63) is 58.6 Å². The Morgan fingerprint density at radius 2 is 1.57 bits per heavy atom. The number of methoxy groups -OCH3 is 3. The highest BCUT2D eigenvalue weighted by Gasteiger charge is 2.21. The van der Waals surface area contributed by atoms with Crippen LogP contribution in [0, 0.1) is 0 Å². The first kappa shape index (κ1) is 26.0. The topological polar surface area (TPSA) is 87.2 Å². The summed E-state index contributed by atoms with van der Waals surface area (Å²) in [5, 5.41) is 2.44. The number of thiazole rings is 1. The minimum Gasteiger partial charge on any atom is -0.493 e. The fourth-order valence-corrected chi connectivity index (χ4v) is 4.11. The van der Waals surface area contributed by atoms with Crippen LogP contribution in [0.1, 0.15) is 42.4 Å². The van der Waals surface area contributed by atoms with Crippen LogP contribution in [-0.2, 0) is 11.3 Å². The van der Waals surface area contributed by atoms with Crippen molar-refractivity contribution in [3.63, 3.8) is 0 Å². The van der Waals surface area contributed by atoms with Crippen LogP contribution < -0.4 is 14.2 Å². The van der Waals surface area contributed by atoms with E-state index in [2.05, 4.69) is 4.98 Å². The molecule has 35 heavy (non-hydrogen) atoms. The molecule has 0 aliphatic carbocycles. The van der Waals surface area contributed by atoms with Crippen LogP contribution in [0.4, 0.5) is 4.79 Å². The van der Waals surface area contributed by atoms with Crippen LogP contribution >= 0.6 is 11.3 Å². The Kier molecular flexibility index (Phi) is 8.01. The second-order valence-electron chi connectivity index (χ2n) is 8.81. The normalized spacial score (nSPS) is 11.1. The van der Waals surface area contributed by atoms with E-state index in [0.717, 1.165) is 11.1 Å². The zero-order valence-corrected chi connectivity index (χ0v) is 21.8. The second-order valence-corrected chi connectivity index (χ2v) is 9.67. The summed E-state index contributed by atoms with van der Waals surface area (Å²) in [5.74, 6) is 0.973. The highest BCUT2D eigenvalue weighted by molar-refractivity contribution is 7.13. The van der Waals surface area contributed by atoms with Gasteiger partial charge >= 0.3 is 6.09 Å². The van der Waals surface area contributed by atoms with Gasteiger partial charge in [0.2, 0.25) is 11.5 Å². The monoisotopic (exact) mass is 498 g/mol. The van der Waals surface area contributed by atoms with Gasteiger partial charge in [0.05, 0.1) is 21.3 Å². The first-order chi connectivity index (χ1) is 16.6. The molecule has 1 aromatic heterocycles. The van der Waals surface area contributed by atoms with E-state index in [0.29, 0.717) is 40.1 Å². The van der Waals surface area contributed by atoms with Gasteiger partial charge in [-0.15, -0.1) is 11.3 Å². The minimum atomic E-state index is -0.544. The number of carbonyl (C=O) groups is 2. The van der Waals surface area contributed by atoms with Gasteiger partial charge in [0, 0.05) is 30.1 Å². The third kappa shape index (κ3) is 6.30. The lowest BCUT2D eigenvalue weighted by molar-refractivity contribution is 0.0285. The molecule has 0 unspecified atom stereocenters. The maximum Gasteiger partial charge on any atom is 0.410 e. The maximum absolute atomic E-state index is 13.1. The first-order valence-electron chi connectivity index (χ1n) is 10.9. The molecule has 0 fully saturated rings. The van der Waals surface area contributed by atoms with Crippen LogP contribution in [0.25, 0.3) is 10.6 Å². The van der Waals surface area contributed by atoms with E-state index in [9.17, 15) is 9.59 Å². The van der Waals surface area contributed by atoms with Gasteiger partial charge in [-0.05, 0) is 38.5 Å². The molecule has 2 aromatic carbocycles. The molecule has 0 bridgehead atoms. The van der Waals surface area contributed by atoms with E-state index in [-0.39, 0.29) is 11.9 Å². The number of carbonyl (C=O) groups excluding carboxylic acids is 2. The van der Waals surface area contributed by atoms with Gasteiger partial charge in [-0.2, -0.15) is 0 Å². The summed E-state index contributed by atoms with van der Waals surface area (Å²) in [4.78, 5) is 31.4. The number of ether oxygens (including phenoxy) is 4. The average Bonchev–Trinajstić information content (AvgIpc) is 3.32. The standard InChI is InChI=1S/C26H30N2O6S/c1-26(2,3)34-25(30)28(4)14-16-8-10-17(11-9-16)24-27-19(15-35-24)22(29)18-12-20(31-5)23(33-7)21(13-18)32-6/h8-13,15H,14H2,1-7H3. The van der Waals surface area contributed by atoms with Crippen LogP contribution in [0.5, 0.6) is 17.2 Å². The Hall–Kier alpha value is -3.59. The van der Waals surface area contributed by atoms with E-state index in [1.165, 1.54) is 37.6 Å². The van der Waals surface area contributed by atoms with Gasteiger partial charge in [0.25, 0.3) is 0 Å². The zero-order valence-electron chi connectivity index (χ0n) is 21.0. The highest BCUT2D eigenvalue weighted by atomic mass is 32.1. The molecule has 0 aliphatic rings. The van der Waals surface area contributed by atoms with Gasteiger partial charge in [-0.3, -0.25) is 4.79 Å². The summed E-state index contributed by atoms with van der Waals surface area (Å²) in [7, 11) is 6.21. The van der Waals surface area contributed by atoms with Crippen LogP contribution in [0.2, 0.25) is 0 Å². The molecule has 8 nitrogen and oxygen atoms in total. The molecule has 9 heteroatoms. The summed E-state index contributed by atoms with van der Waals surface area (Å²) in [6.07, 6.45) is -0.378. The molecular weight excluding hydrogens is 468 g/mol. The number of ketones is 1. The molecule has 1 amide bonds. The van der Waals surface area contributed by atoms with Crippen LogP contribution in [0.3, 0.4) is 0 Å². The zero-order chi connectivity index (χ0) is 25.8. The molecule has 1 heterocycles. The average molecular weight is 499 g/mol. The van der Waals surface area contributed by atoms with Gasteiger partial charge in [0.15, 0.2) is 11.5 Å². The second kappa shape index (κ2) is 10.8. The van der Waals surface area contributed by atoms with E-state index in [1.807, 2.05) is 45.0 Å². The Labute approximate surface area is 209 Å². The quantitative estimate of drug-likeness (QED) is 0.383. The van der Waals surface area contributed by atoms with E-state index in [4.69, 9.17) is 18.9 Å². The summed E-state index contributed by atoms with van der Waals surface area (Å²) < 4.78 is 21.4. The smallest absolute Gasteiger partial charge is 0.410 e. The molecule has 186 valence electrons. The predicted octanol–water partition coefficient (Wildman–Crippen LogP) is 5.43. The fraction of sp³-hybridized carbons (Fsp3) is 0.346. The lowest BCUT2D eigenvalue weighted by atomic mass is 10.1. The number of benzene rings is 2. The van der Waals surface area contributed by atoms with Crippen molar-refractivity contribution in [2.24, 2.45) is 0 Å². The number of hydrogen-bond donors (Lipinski definition) is 0. The maximum atomic E-state index is 13.1. The van der Waals surface area contributed by atoms with Gasteiger partial charge < -0.3 is 23.8 Å². The molecule has 0 saturated carbocycles. The molecule has 3 rings (SSSR count).